The van der Waals surface area contributed by atoms with Gasteiger partial charge in [-0.3, -0.25) is 19.9 Å². The van der Waals surface area contributed by atoms with Gasteiger partial charge < -0.3 is 5.32 Å². The van der Waals surface area contributed by atoms with Crippen molar-refractivity contribution in [2.24, 2.45) is 0 Å². The molecule has 0 radical (unpaired) electrons. The van der Waals surface area contributed by atoms with Gasteiger partial charge in [0.15, 0.2) is 0 Å². The summed E-state index contributed by atoms with van der Waals surface area (Å²) in [4.78, 5) is 26.2. The molecule has 0 atom stereocenters. The van der Waals surface area contributed by atoms with Gasteiger partial charge in [-0.1, -0.05) is 11.6 Å². The van der Waals surface area contributed by atoms with Crippen molar-refractivity contribution < 1.29 is 9.72 Å². The summed E-state index contributed by atoms with van der Waals surface area (Å²) >= 11 is 8.98. The fraction of sp³-hybridized carbons (Fsp3) is 0. The molecule has 1 N–H and O–H groups in total. The third-order valence-electron chi connectivity index (χ3n) is 2.37. The van der Waals surface area contributed by atoms with Gasteiger partial charge in [-0.05, 0) is 34.1 Å². The summed E-state index contributed by atoms with van der Waals surface area (Å²) in [5.41, 5.74) is 0.0758. The highest BCUT2D eigenvalue weighted by Gasteiger charge is 2.17. The Hall–Kier alpha value is -1.99. The summed E-state index contributed by atoms with van der Waals surface area (Å²) in [6, 6.07) is 5.49. The minimum absolute atomic E-state index is 0.0347. The van der Waals surface area contributed by atoms with Crippen LogP contribution in [0.4, 0.5) is 11.4 Å². The maximum atomic E-state index is 12.0. The van der Waals surface area contributed by atoms with E-state index in [1.165, 1.54) is 30.6 Å². The Balaban J connectivity index is 2.32. The first-order valence-electron chi connectivity index (χ1n) is 5.33. The zero-order chi connectivity index (χ0) is 14.7. The number of halogens is 2. The highest BCUT2D eigenvalue weighted by Crippen LogP contribution is 2.28. The van der Waals surface area contributed by atoms with Crippen LogP contribution in [0.5, 0.6) is 0 Å². The molecule has 102 valence electrons. The van der Waals surface area contributed by atoms with Gasteiger partial charge >= 0.3 is 0 Å². The van der Waals surface area contributed by atoms with E-state index in [-0.39, 0.29) is 16.9 Å². The normalized spacial score (nSPS) is 10.1. The van der Waals surface area contributed by atoms with E-state index >= 15 is 0 Å². The largest absolute Gasteiger partial charge is 0.316 e. The van der Waals surface area contributed by atoms with Gasteiger partial charge in [0.25, 0.3) is 11.6 Å². The molecule has 8 heteroatoms. The molecule has 6 nitrogen and oxygen atoms in total. The monoisotopic (exact) mass is 355 g/mol. The van der Waals surface area contributed by atoms with Crippen LogP contribution in [0.1, 0.15) is 10.4 Å². The van der Waals surface area contributed by atoms with Crippen molar-refractivity contribution in [3.8, 4) is 0 Å². The second-order valence-electron chi connectivity index (χ2n) is 3.76. The molecule has 2 rings (SSSR count). The van der Waals surface area contributed by atoms with Gasteiger partial charge in [0, 0.05) is 28.0 Å². The molecule has 0 fully saturated rings. The number of hydrogen-bond donors (Lipinski definition) is 1. The van der Waals surface area contributed by atoms with Crippen LogP contribution in [-0.4, -0.2) is 15.8 Å². The van der Waals surface area contributed by atoms with E-state index in [1.54, 1.807) is 6.07 Å². The fourth-order valence-corrected chi connectivity index (χ4v) is 2.04. The van der Waals surface area contributed by atoms with Crippen LogP contribution in [0, 0.1) is 10.1 Å². The van der Waals surface area contributed by atoms with Gasteiger partial charge in [0.2, 0.25) is 0 Å². The lowest BCUT2D eigenvalue weighted by atomic mass is 10.2. The van der Waals surface area contributed by atoms with Crippen molar-refractivity contribution in [2.75, 3.05) is 5.32 Å². The predicted molar refractivity (Wildman–Crippen MR) is 78.0 cm³/mol. The van der Waals surface area contributed by atoms with Gasteiger partial charge in [-0.15, -0.1) is 0 Å². The van der Waals surface area contributed by atoms with Gasteiger partial charge in [-0.25, -0.2) is 0 Å². The van der Waals surface area contributed by atoms with Crippen molar-refractivity contribution in [1.82, 2.24) is 4.98 Å². The summed E-state index contributed by atoms with van der Waals surface area (Å²) in [5, 5.41) is 13.6. The van der Waals surface area contributed by atoms with Crippen LogP contribution < -0.4 is 5.32 Å². The van der Waals surface area contributed by atoms with Gasteiger partial charge in [0.05, 0.1) is 10.5 Å². The minimum atomic E-state index is -0.592. The van der Waals surface area contributed by atoms with Crippen LogP contribution in [0.25, 0.3) is 0 Å². The quantitative estimate of drug-likeness (QED) is 0.672. The number of nitro benzene ring substituents is 1. The molecule has 0 aliphatic heterocycles. The summed E-state index contributed by atoms with van der Waals surface area (Å²) in [6.45, 7) is 0. The Labute approximate surface area is 127 Å². The number of amides is 1. The van der Waals surface area contributed by atoms with Crippen molar-refractivity contribution in [3.05, 3.63) is 61.8 Å². The van der Waals surface area contributed by atoms with Crippen molar-refractivity contribution >= 4 is 44.8 Å². The van der Waals surface area contributed by atoms with Crippen molar-refractivity contribution in [3.63, 3.8) is 0 Å². The lowest BCUT2D eigenvalue weighted by Crippen LogP contribution is -2.13. The molecule has 0 bridgehead atoms. The molecule has 0 saturated heterocycles. The number of hydrogen-bond acceptors (Lipinski definition) is 4. The van der Waals surface area contributed by atoms with Crippen LogP contribution in [0.15, 0.2) is 41.1 Å². The molecule has 20 heavy (non-hydrogen) atoms. The van der Waals surface area contributed by atoms with Gasteiger partial charge in [-0.2, -0.15) is 0 Å². The zero-order valence-corrected chi connectivity index (χ0v) is 12.2. The Morgan fingerprint density at radius 3 is 2.75 bits per heavy atom. The average Bonchev–Trinajstić information content (AvgIpc) is 2.38. The summed E-state index contributed by atoms with van der Waals surface area (Å²) in [7, 11) is 0. The first-order chi connectivity index (χ1) is 9.47. The highest BCUT2D eigenvalue weighted by molar-refractivity contribution is 9.10. The number of nitro groups is 1. The molecule has 0 spiro atoms. The first kappa shape index (κ1) is 14.4. The number of nitrogens with zero attached hydrogens (tertiary/aromatic N) is 2. The molecule has 0 unspecified atom stereocenters. The number of anilines is 1. The molecular weight excluding hydrogens is 350 g/mol. The smallest absolute Gasteiger partial charge is 0.292 e. The number of aromatic nitrogens is 1. The molecule has 1 amide bonds. The zero-order valence-electron chi connectivity index (χ0n) is 9.84. The Morgan fingerprint density at radius 1 is 1.35 bits per heavy atom. The highest BCUT2D eigenvalue weighted by atomic mass is 79.9. The summed E-state index contributed by atoms with van der Waals surface area (Å²) in [6.07, 6.45) is 2.88. The van der Waals surface area contributed by atoms with E-state index in [0.717, 1.165) is 0 Å². The molecule has 1 aromatic heterocycles. The molecule has 0 saturated carbocycles. The summed E-state index contributed by atoms with van der Waals surface area (Å²) in [5.74, 6) is -0.510. The Bertz CT molecular complexity index is 693. The van der Waals surface area contributed by atoms with Gasteiger partial charge in [0.1, 0.15) is 5.69 Å². The topological polar surface area (TPSA) is 85.1 Å². The Kier molecular flexibility index (Phi) is 4.31. The maximum absolute atomic E-state index is 12.0. The SMILES string of the molecule is O=C(Nc1cc(Cl)ccc1[N+](=O)[O-])c1cncc(Br)c1. The number of carbonyl (C=O) groups excluding carboxylic acids is 1. The molecule has 1 aromatic carbocycles. The molecule has 2 aromatic rings. The summed E-state index contributed by atoms with van der Waals surface area (Å²) < 4.78 is 0.630. The standard InChI is InChI=1S/C12H7BrClN3O3/c13-8-3-7(5-15-6-8)12(18)16-10-4-9(14)1-2-11(10)17(19)20/h1-6H,(H,16,18). The number of benzene rings is 1. The minimum Gasteiger partial charge on any atom is -0.316 e. The van der Waals surface area contributed by atoms with Crippen molar-refractivity contribution in [2.45, 2.75) is 0 Å². The molecule has 1 heterocycles. The lowest BCUT2D eigenvalue weighted by molar-refractivity contribution is -0.383. The predicted octanol–water partition coefficient (Wildman–Crippen LogP) is 3.66. The average molecular weight is 357 g/mol. The third kappa shape index (κ3) is 3.31. The second-order valence-corrected chi connectivity index (χ2v) is 5.12. The van der Waals surface area contributed by atoms with Crippen LogP contribution >= 0.6 is 27.5 Å². The Morgan fingerprint density at radius 2 is 2.10 bits per heavy atom. The lowest BCUT2D eigenvalue weighted by Gasteiger charge is -2.06. The van der Waals surface area contributed by atoms with Crippen LogP contribution in [-0.2, 0) is 0 Å². The third-order valence-corrected chi connectivity index (χ3v) is 3.04. The number of carbonyl (C=O) groups is 1. The van der Waals surface area contributed by atoms with E-state index in [1.807, 2.05) is 0 Å². The first-order valence-corrected chi connectivity index (χ1v) is 6.50. The van der Waals surface area contributed by atoms with E-state index in [0.29, 0.717) is 9.50 Å². The van der Waals surface area contributed by atoms with E-state index < -0.39 is 10.8 Å². The molecule has 0 aliphatic carbocycles. The maximum Gasteiger partial charge on any atom is 0.292 e. The van der Waals surface area contributed by atoms with E-state index in [2.05, 4.69) is 26.2 Å². The fourth-order valence-electron chi connectivity index (χ4n) is 1.50. The number of nitrogens with one attached hydrogen (secondary N) is 1. The van der Waals surface area contributed by atoms with E-state index in [9.17, 15) is 14.9 Å². The van der Waals surface area contributed by atoms with Crippen LogP contribution in [0.2, 0.25) is 5.02 Å². The molecule has 0 aliphatic rings. The van der Waals surface area contributed by atoms with E-state index in [4.69, 9.17) is 11.6 Å². The molecular formula is C12H7BrClN3O3. The van der Waals surface area contributed by atoms with Crippen molar-refractivity contribution in [1.29, 1.82) is 0 Å². The number of rotatable bonds is 3. The number of pyridine rings is 1. The van der Waals surface area contributed by atoms with Crippen LogP contribution in [0.3, 0.4) is 0 Å². The second kappa shape index (κ2) is 5.98.